The first-order valence-corrected chi connectivity index (χ1v) is 9.15. The topological polar surface area (TPSA) is 66.9 Å². The van der Waals surface area contributed by atoms with Gasteiger partial charge in [0.25, 0.3) is 0 Å². The van der Waals surface area contributed by atoms with Crippen LogP contribution in [0.1, 0.15) is 36.0 Å². The summed E-state index contributed by atoms with van der Waals surface area (Å²) >= 11 is 0. The van der Waals surface area contributed by atoms with Crippen LogP contribution in [0, 0.1) is 0 Å². The predicted octanol–water partition coefficient (Wildman–Crippen LogP) is 3.16. The minimum Gasteiger partial charge on any atom is -0.423 e. The summed E-state index contributed by atoms with van der Waals surface area (Å²) in [5.41, 5.74) is 1.92. The molecule has 2 aromatic carbocycles. The molecule has 0 atom stereocenters. The molecule has 2 aliphatic heterocycles. The lowest BCUT2D eigenvalue weighted by molar-refractivity contribution is -0.117. The number of carbonyl (C=O) groups excluding carboxylic acids is 3. The smallest absolute Gasteiger partial charge is 0.343 e. The highest BCUT2D eigenvalue weighted by Gasteiger charge is 2.23. The molecular formula is C21H20N2O4. The Morgan fingerprint density at radius 3 is 2.04 bits per heavy atom. The minimum absolute atomic E-state index is 0.0764. The van der Waals surface area contributed by atoms with Crippen LogP contribution < -0.4 is 14.5 Å². The first-order chi connectivity index (χ1) is 13.1. The van der Waals surface area contributed by atoms with E-state index in [0.29, 0.717) is 30.7 Å². The van der Waals surface area contributed by atoms with Gasteiger partial charge in [0.2, 0.25) is 11.8 Å². The molecule has 0 aromatic heterocycles. The van der Waals surface area contributed by atoms with Gasteiger partial charge in [-0.2, -0.15) is 0 Å². The van der Waals surface area contributed by atoms with Crippen LogP contribution in [0.25, 0.3) is 0 Å². The number of nitrogens with zero attached hydrogens (tertiary/aromatic N) is 2. The van der Waals surface area contributed by atoms with Crippen LogP contribution in [-0.2, 0) is 9.59 Å². The monoisotopic (exact) mass is 364 g/mol. The summed E-state index contributed by atoms with van der Waals surface area (Å²) in [5, 5.41) is 0. The number of amides is 2. The van der Waals surface area contributed by atoms with Crippen molar-refractivity contribution in [3.05, 3.63) is 54.1 Å². The third-order valence-corrected chi connectivity index (χ3v) is 4.90. The fourth-order valence-corrected chi connectivity index (χ4v) is 3.50. The number of hydrogen-bond acceptors (Lipinski definition) is 4. The van der Waals surface area contributed by atoms with Crippen molar-refractivity contribution >= 4 is 29.2 Å². The largest absolute Gasteiger partial charge is 0.423 e. The molecule has 0 bridgehead atoms. The number of anilines is 2. The molecule has 2 aliphatic rings. The van der Waals surface area contributed by atoms with Gasteiger partial charge in [0.05, 0.1) is 5.56 Å². The highest BCUT2D eigenvalue weighted by Crippen LogP contribution is 2.25. The second-order valence-electron chi connectivity index (χ2n) is 6.73. The Labute approximate surface area is 157 Å². The lowest BCUT2D eigenvalue weighted by atomic mass is 10.2. The third-order valence-electron chi connectivity index (χ3n) is 4.90. The van der Waals surface area contributed by atoms with Crippen LogP contribution in [0.4, 0.5) is 11.4 Å². The maximum atomic E-state index is 12.5. The molecule has 6 heteroatoms. The molecule has 0 saturated carbocycles. The molecule has 2 heterocycles. The van der Waals surface area contributed by atoms with Crippen LogP contribution in [0.3, 0.4) is 0 Å². The maximum absolute atomic E-state index is 12.5. The number of hydrogen-bond donors (Lipinski definition) is 0. The van der Waals surface area contributed by atoms with E-state index in [1.54, 1.807) is 52.3 Å². The van der Waals surface area contributed by atoms with Gasteiger partial charge in [-0.15, -0.1) is 0 Å². The zero-order valence-corrected chi connectivity index (χ0v) is 14.9. The molecule has 27 heavy (non-hydrogen) atoms. The van der Waals surface area contributed by atoms with Gasteiger partial charge in [0.1, 0.15) is 5.75 Å². The zero-order chi connectivity index (χ0) is 18.8. The fraction of sp³-hybridized carbons (Fsp3) is 0.286. The van der Waals surface area contributed by atoms with E-state index >= 15 is 0 Å². The van der Waals surface area contributed by atoms with E-state index in [1.165, 1.54) is 0 Å². The molecule has 2 fully saturated rings. The van der Waals surface area contributed by atoms with Gasteiger partial charge in [-0.05, 0) is 55.3 Å². The number of benzene rings is 2. The molecule has 6 nitrogen and oxygen atoms in total. The third kappa shape index (κ3) is 3.56. The summed E-state index contributed by atoms with van der Waals surface area (Å²) in [6.07, 6.45) is 2.82. The van der Waals surface area contributed by atoms with E-state index in [0.717, 1.165) is 30.8 Å². The molecule has 138 valence electrons. The standard InChI is InChI=1S/C21H20N2O4/c24-19-6-2-12-22(19)16-8-10-18(11-9-16)27-21(26)15-4-1-5-17(14-15)23-13-3-7-20(23)25/h1,4-5,8-11,14H,2-3,6-7,12-13H2. The molecule has 2 aromatic rings. The molecular weight excluding hydrogens is 344 g/mol. The van der Waals surface area contributed by atoms with E-state index in [2.05, 4.69) is 0 Å². The first-order valence-electron chi connectivity index (χ1n) is 9.15. The maximum Gasteiger partial charge on any atom is 0.343 e. The quantitative estimate of drug-likeness (QED) is 0.617. The molecule has 0 unspecified atom stereocenters. The van der Waals surface area contributed by atoms with Gasteiger partial charge in [0.15, 0.2) is 0 Å². The lowest BCUT2D eigenvalue weighted by Crippen LogP contribution is -2.24. The van der Waals surface area contributed by atoms with Crippen molar-refractivity contribution in [2.45, 2.75) is 25.7 Å². The van der Waals surface area contributed by atoms with Crippen molar-refractivity contribution in [2.24, 2.45) is 0 Å². The average molecular weight is 364 g/mol. The van der Waals surface area contributed by atoms with Gasteiger partial charge in [-0.1, -0.05) is 6.07 Å². The van der Waals surface area contributed by atoms with Crippen molar-refractivity contribution in [1.82, 2.24) is 0 Å². The van der Waals surface area contributed by atoms with Crippen LogP contribution in [-0.4, -0.2) is 30.9 Å². The summed E-state index contributed by atoms with van der Waals surface area (Å²) in [5.74, 6) is 0.132. The summed E-state index contributed by atoms with van der Waals surface area (Å²) in [4.78, 5) is 39.6. The van der Waals surface area contributed by atoms with Gasteiger partial charge in [-0.25, -0.2) is 4.79 Å². The molecule has 2 amide bonds. The van der Waals surface area contributed by atoms with Crippen molar-refractivity contribution in [1.29, 1.82) is 0 Å². The summed E-state index contributed by atoms with van der Waals surface area (Å²) in [6.45, 7) is 1.40. The highest BCUT2D eigenvalue weighted by molar-refractivity contribution is 5.98. The zero-order valence-electron chi connectivity index (χ0n) is 14.9. The van der Waals surface area contributed by atoms with Crippen molar-refractivity contribution < 1.29 is 19.1 Å². The Balaban J connectivity index is 1.46. The first kappa shape index (κ1) is 17.3. The van der Waals surface area contributed by atoms with Crippen LogP contribution in [0.15, 0.2) is 48.5 Å². The van der Waals surface area contributed by atoms with Crippen LogP contribution in [0.5, 0.6) is 5.75 Å². The van der Waals surface area contributed by atoms with Crippen LogP contribution >= 0.6 is 0 Å². The average Bonchev–Trinajstić information content (AvgIpc) is 3.30. The number of ether oxygens (including phenoxy) is 1. The predicted molar refractivity (Wildman–Crippen MR) is 101 cm³/mol. The van der Waals surface area contributed by atoms with E-state index in [4.69, 9.17) is 4.74 Å². The SMILES string of the molecule is O=C(Oc1ccc(N2CCCC2=O)cc1)c1cccc(N2CCCC2=O)c1. The van der Waals surface area contributed by atoms with E-state index in [-0.39, 0.29) is 11.8 Å². The Bertz CT molecular complexity index is 891. The number of esters is 1. The normalized spacial score (nSPS) is 16.9. The molecule has 2 saturated heterocycles. The molecule has 0 aliphatic carbocycles. The van der Waals surface area contributed by atoms with Gasteiger partial charge < -0.3 is 14.5 Å². The van der Waals surface area contributed by atoms with Gasteiger partial charge >= 0.3 is 5.97 Å². The van der Waals surface area contributed by atoms with Gasteiger partial charge in [0, 0.05) is 37.3 Å². The summed E-state index contributed by atoms with van der Waals surface area (Å²) in [7, 11) is 0. The highest BCUT2D eigenvalue weighted by atomic mass is 16.5. The van der Waals surface area contributed by atoms with Crippen molar-refractivity contribution in [3.63, 3.8) is 0 Å². The van der Waals surface area contributed by atoms with Crippen LogP contribution in [0.2, 0.25) is 0 Å². The van der Waals surface area contributed by atoms with Crippen molar-refractivity contribution in [3.8, 4) is 5.75 Å². The number of rotatable bonds is 4. The Morgan fingerprint density at radius 1 is 0.815 bits per heavy atom. The Hall–Kier alpha value is -3.15. The van der Waals surface area contributed by atoms with Gasteiger partial charge in [-0.3, -0.25) is 9.59 Å². The lowest BCUT2D eigenvalue weighted by Gasteiger charge is -2.17. The summed E-state index contributed by atoms with van der Waals surface area (Å²) < 4.78 is 5.44. The van der Waals surface area contributed by atoms with E-state index in [1.807, 2.05) is 6.07 Å². The summed E-state index contributed by atoms with van der Waals surface area (Å²) in [6, 6.07) is 13.9. The fourth-order valence-electron chi connectivity index (χ4n) is 3.50. The second kappa shape index (κ2) is 7.23. The molecule has 0 radical (unpaired) electrons. The molecule has 0 N–H and O–H groups in total. The van der Waals surface area contributed by atoms with E-state index < -0.39 is 5.97 Å². The number of carbonyl (C=O) groups is 3. The van der Waals surface area contributed by atoms with E-state index in [9.17, 15) is 14.4 Å². The Morgan fingerprint density at radius 2 is 1.44 bits per heavy atom. The van der Waals surface area contributed by atoms with Crippen molar-refractivity contribution in [2.75, 3.05) is 22.9 Å². The minimum atomic E-state index is -0.478. The second-order valence-corrected chi connectivity index (χ2v) is 6.73. The molecule has 0 spiro atoms. The molecule has 4 rings (SSSR count). The Kier molecular flexibility index (Phi) is 4.62.